The molecule has 0 amide bonds. The maximum atomic E-state index is 9.63. The van der Waals surface area contributed by atoms with E-state index in [0.29, 0.717) is 0 Å². The fourth-order valence-electron chi connectivity index (χ4n) is 2.56. The first-order valence-corrected chi connectivity index (χ1v) is 6.47. The molecule has 4 nitrogen and oxygen atoms in total. The van der Waals surface area contributed by atoms with Crippen LogP contribution in [0.25, 0.3) is 0 Å². The molecule has 17 heavy (non-hydrogen) atoms. The first-order chi connectivity index (χ1) is 8.13. The van der Waals surface area contributed by atoms with Crippen molar-refractivity contribution in [3.63, 3.8) is 0 Å². The number of aliphatic hydroxyl groups excluding tert-OH is 1. The SMILES string of the molecule is CC1CCC(CO)(NCc2cnn(C)c2)CC1. The Hall–Kier alpha value is -0.870. The maximum Gasteiger partial charge on any atom is 0.0613 e. The molecule has 1 heterocycles. The highest BCUT2D eigenvalue weighted by molar-refractivity contribution is 5.05. The summed E-state index contributed by atoms with van der Waals surface area (Å²) in [6.07, 6.45) is 8.46. The summed E-state index contributed by atoms with van der Waals surface area (Å²) >= 11 is 0. The average molecular weight is 237 g/mol. The highest BCUT2D eigenvalue weighted by Gasteiger charge is 2.32. The fourth-order valence-corrected chi connectivity index (χ4v) is 2.56. The lowest BCUT2D eigenvalue weighted by Crippen LogP contribution is -2.50. The van der Waals surface area contributed by atoms with E-state index < -0.39 is 0 Å². The second-order valence-electron chi connectivity index (χ2n) is 5.50. The lowest BCUT2D eigenvalue weighted by molar-refractivity contribution is 0.104. The van der Waals surface area contributed by atoms with Gasteiger partial charge in [0.25, 0.3) is 0 Å². The summed E-state index contributed by atoms with van der Waals surface area (Å²) in [6, 6.07) is 0. The molecule has 1 aliphatic rings. The van der Waals surface area contributed by atoms with E-state index in [0.717, 1.165) is 25.3 Å². The van der Waals surface area contributed by atoms with Crippen molar-refractivity contribution in [3.05, 3.63) is 18.0 Å². The van der Waals surface area contributed by atoms with Gasteiger partial charge in [-0.1, -0.05) is 6.92 Å². The molecule has 96 valence electrons. The molecule has 0 unspecified atom stereocenters. The number of aliphatic hydroxyl groups is 1. The van der Waals surface area contributed by atoms with Crippen molar-refractivity contribution in [2.24, 2.45) is 13.0 Å². The Morgan fingerprint density at radius 1 is 1.53 bits per heavy atom. The van der Waals surface area contributed by atoms with Crippen molar-refractivity contribution in [2.45, 2.75) is 44.7 Å². The van der Waals surface area contributed by atoms with Crippen LogP contribution in [0.2, 0.25) is 0 Å². The van der Waals surface area contributed by atoms with Gasteiger partial charge in [0.1, 0.15) is 0 Å². The summed E-state index contributed by atoms with van der Waals surface area (Å²) in [7, 11) is 1.92. The first kappa shape index (κ1) is 12.6. The zero-order valence-corrected chi connectivity index (χ0v) is 10.8. The minimum atomic E-state index is -0.0671. The third-order valence-corrected chi connectivity index (χ3v) is 3.96. The molecular formula is C13H23N3O. The van der Waals surface area contributed by atoms with Crippen LogP contribution in [-0.4, -0.2) is 27.0 Å². The average Bonchev–Trinajstić information content (AvgIpc) is 2.75. The zero-order valence-electron chi connectivity index (χ0n) is 10.8. The van der Waals surface area contributed by atoms with Gasteiger partial charge in [0.05, 0.1) is 12.8 Å². The smallest absolute Gasteiger partial charge is 0.0613 e. The number of rotatable bonds is 4. The minimum Gasteiger partial charge on any atom is -0.394 e. The van der Waals surface area contributed by atoms with Gasteiger partial charge < -0.3 is 10.4 Å². The van der Waals surface area contributed by atoms with E-state index in [4.69, 9.17) is 0 Å². The molecule has 1 aromatic rings. The van der Waals surface area contributed by atoms with Crippen LogP contribution in [0.5, 0.6) is 0 Å². The van der Waals surface area contributed by atoms with Crippen LogP contribution < -0.4 is 5.32 Å². The molecule has 1 saturated carbocycles. The lowest BCUT2D eigenvalue weighted by atomic mass is 9.77. The van der Waals surface area contributed by atoms with Crippen LogP contribution in [0.4, 0.5) is 0 Å². The number of aromatic nitrogens is 2. The van der Waals surface area contributed by atoms with Crippen molar-refractivity contribution in [3.8, 4) is 0 Å². The number of hydrogen-bond acceptors (Lipinski definition) is 3. The normalized spacial score (nSPS) is 29.5. The predicted octanol–water partition coefficient (Wildman–Crippen LogP) is 1.45. The minimum absolute atomic E-state index is 0.0671. The summed E-state index contributed by atoms with van der Waals surface area (Å²) in [5, 5.41) is 17.3. The van der Waals surface area contributed by atoms with Gasteiger partial charge in [-0.05, 0) is 31.6 Å². The van der Waals surface area contributed by atoms with E-state index in [1.807, 2.05) is 24.1 Å². The quantitative estimate of drug-likeness (QED) is 0.833. The molecule has 0 radical (unpaired) electrons. The molecule has 4 heteroatoms. The van der Waals surface area contributed by atoms with Crippen LogP contribution in [-0.2, 0) is 13.6 Å². The van der Waals surface area contributed by atoms with Gasteiger partial charge >= 0.3 is 0 Å². The molecule has 0 aromatic carbocycles. The second kappa shape index (κ2) is 5.19. The molecule has 0 aliphatic heterocycles. The van der Waals surface area contributed by atoms with Crippen molar-refractivity contribution >= 4 is 0 Å². The molecule has 0 spiro atoms. The Kier molecular flexibility index (Phi) is 3.84. The number of aryl methyl sites for hydroxylation is 1. The third kappa shape index (κ3) is 3.07. The second-order valence-corrected chi connectivity index (χ2v) is 5.50. The zero-order chi connectivity index (χ0) is 12.3. The van der Waals surface area contributed by atoms with E-state index in [1.54, 1.807) is 0 Å². The Bertz CT molecular complexity index is 353. The van der Waals surface area contributed by atoms with Crippen molar-refractivity contribution in [1.82, 2.24) is 15.1 Å². The molecule has 2 N–H and O–H groups in total. The number of hydrogen-bond donors (Lipinski definition) is 2. The van der Waals surface area contributed by atoms with Gasteiger partial charge in [0, 0.05) is 30.9 Å². The van der Waals surface area contributed by atoms with Gasteiger partial charge in [-0.2, -0.15) is 5.10 Å². The van der Waals surface area contributed by atoms with Crippen LogP contribution in [0.15, 0.2) is 12.4 Å². The molecule has 0 saturated heterocycles. The van der Waals surface area contributed by atoms with Crippen LogP contribution in [0.3, 0.4) is 0 Å². The Balaban J connectivity index is 1.91. The van der Waals surface area contributed by atoms with Crippen molar-refractivity contribution < 1.29 is 5.11 Å². The third-order valence-electron chi connectivity index (χ3n) is 3.96. The van der Waals surface area contributed by atoms with E-state index in [9.17, 15) is 5.11 Å². The first-order valence-electron chi connectivity index (χ1n) is 6.47. The van der Waals surface area contributed by atoms with Gasteiger partial charge in [0.2, 0.25) is 0 Å². The predicted molar refractivity (Wildman–Crippen MR) is 67.5 cm³/mol. The largest absolute Gasteiger partial charge is 0.394 e. The van der Waals surface area contributed by atoms with Crippen molar-refractivity contribution in [1.29, 1.82) is 0 Å². The summed E-state index contributed by atoms with van der Waals surface area (Å²) in [5.41, 5.74) is 1.11. The number of nitrogens with zero attached hydrogens (tertiary/aromatic N) is 2. The fraction of sp³-hybridized carbons (Fsp3) is 0.769. The Morgan fingerprint density at radius 2 is 2.24 bits per heavy atom. The summed E-state index contributed by atoms with van der Waals surface area (Å²) in [6.45, 7) is 3.32. The van der Waals surface area contributed by atoms with E-state index in [2.05, 4.69) is 17.3 Å². The molecule has 0 atom stereocenters. The van der Waals surface area contributed by atoms with Crippen molar-refractivity contribution in [2.75, 3.05) is 6.61 Å². The highest BCUT2D eigenvalue weighted by atomic mass is 16.3. The van der Waals surface area contributed by atoms with Gasteiger partial charge in [-0.15, -0.1) is 0 Å². The summed E-state index contributed by atoms with van der Waals surface area (Å²) < 4.78 is 1.81. The summed E-state index contributed by atoms with van der Waals surface area (Å²) in [4.78, 5) is 0. The maximum absolute atomic E-state index is 9.63. The van der Waals surface area contributed by atoms with Gasteiger partial charge in [0.15, 0.2) is 0 Å². The molecule has 0 bridgehead atoms. The van der Waals surface area contributed by atoms with E-state index >= 15 is 0 Å². The molecular weight excluding hydrogens is 214 g/mol. The topological polar surface area (TPSA) is 50.1 Å². The molecule has 1 fully saturated rings. The monoisotopic (exact) mass is 237 g/mol. The van der Waals surface area contributed by atoms with E-state index in [-0.39, 0.29) is 12.1 Å². The highest BCUT2D eigenvalue weighted by Crippen LogP contribution is 2.31. The lowest BCUT2D eigenvalue weighted by Gasteiger charge is -2.39. The number of nitrogens with one attached hydrogen (secondary N) is 1. The van der Waals surface area contributed by atoms with Crippen LogP contribution in [0, 0.1) is 5.92 Å². The van der Waals surface area contributed by atoms with Crippen LogP contribution in [0.1, 0.15) is 38.2 Å². The van der Waals surface area contributed by atoms with Gasteiger partial charge in [-0.3, -0.25) is 4.68 Å². The molecule has 1 aliphatic carbocycles. The molecule has 1 aromatic heterocycles. The summed E-state index contributed by atoms with van der Waals surface area (Å²) in [5.74, 6) is 0.801. The Morgan fingerprint density at radius 3 is 2.76 bits per heavy atom. The Labute approximate surface area is 103 Å². The van der Waals surface area contributed by atoms with Crippen LogP contribution >= 0.6 is 0 Å². The van der Waals surface area contributed by atoms with Gasteiger partial charge in [-0.25, -0.2) is 0 Å². The standard InChI is InChI=1S/C13H23N3O/c1-11-3-5-13(10-17,6-4-11)14-7-12-8-15-16(2)9-12/h8-9,11,14,17H,3-7,10H2,1-2H3. The molecule has 2 rings (SSSR count). The van der Waals surface area contributed by atoms with E-state index in [1.165, 1.54) is 18.4 Å².